The van der Waals surface area contributed by atoms with Crippen molar-refractivity contribution in [3.63, 3.8) is 0 Å². The molecule has 0 aliphatic carbocycles. The highest BCUT2D eigenvalue weighted by atomic mass is 19.1. The summed E-state index contributed by atoms with van der Waals surface area (Å²) >= 11 is 0. The first-order chi connectivity index (χ1) is 9.08. The number of nitriles is 1. The molecule has 2 aliphatic heterocycles. The Labute approximate surface area is 112 Å². The molecular weight excluding hydrogens is 243 g/mol. The van der Waals surface area contributed by atoms with Crippen LogP contribution in [0.2, 0.25) is 0 Å². The lowest BCUT2D eigenvalue weighted by Crippen LogP contribution is -2.49. The van der Waals surface area contributed by atoms with Crippen molar-refractivity contribution in [2.45, 2.75) is 49.8 Å². The molecule has 19 heavy (non-hydrogen) atoms. The molecule has 2 atom stereocenters. The molecule has 2 saturated heterocycles. The monoisotopic (exact) mass is 260 g/mol. The molecule has 3 nitrogen and oxygen atoms in total. The molecule has 2 aliphatic rings. The highest BCUT2D eigenvalue weighted by Crippen LogP contribution is 2.36. The quantitative estimate of drug-likeness (QED) is 0.853. The molecule has 0 spiro atoms. The molecule has 0 saturated carbocycles. The Hall–Kier alpha value is -1.44. The first-order valence-electron chi connectivity index (χ1n) is 6.75. The third kappa shape index (κ3) is 2.49. The number of piperidine rings is 1. The van der Waals surface area contributed by atoms with Crippen molar-refractivity contribution in [1.82, 2.24) is 5.32 Å². The van der Waals surface area contributed by atoms with Crippen LogP contribution < -0.4 is 5.32 Å². The minimum Gasteiger partial charge on any atom is -0.389 e. The summed E-state index contributed by atoms with van der Waals surface area (Å²) in [7, 11) is 0. The summed E-state index contributed by atoms with van der Waals surface area (Å²) in [5.74, 6) is -0.405. The molecule has 0 amide bonds. The molecule has 100 valence electrons. The Morgan fingerprint density at radius 2 is 2.05 bits per heavy atom. The number of nitrogens with zero attached hydrogens (tertiary/aromatic N) is 1. The summed E-state index contributed by atoms with van der Waals surface area (Å²) in [6, 6.07) is 7.00. The van der Waals surface area contributed by atoms with E-state index in [0.29, 0.717) is 36.9 Å². The van der Waals surface area contributed by atoms with E-state index in [0.717, 1.165) is 18.4 Å². The van der Waals surface area contributed by atoms with E-state index in [9.17, 15) is 9.50 Å². The standard InChI is InChI=1S/C15H17FN2O/c16-12-2-1-10(11(5-12)9-17)6-15(19)7-13-3-4-14(8-15)18-13/h1-2,5,13-14,18-19H,3-4,6-8H2. The van der Waals surface area contributed by atoms with E-state index >= 15 is 0 Å². The summed E-state index contributed by atoms with van der Waals surface area (Å²) in [5.41, 5.74) is 0.313. The minimum absolute atomic E-state index is 0.333. The third-order valence-electron chi connectivity index (χ3n) is 4.30. The van der Waals surface area contributed by atoms with Gasteiger partial charge in [-0.1, -0.05) is 6.07 Å². The normalized spacial score (nSPS) is 33.1. The summed E-state index contributed by atoms with van der Waals surface area (Å²) in [6.45, 7) is 0. The lowest BCUT2D eigenvalue weighted by atomic mass is 9.81. The van der Waals surface area contributed by atoms with Crippen LogP contribution in [0.3, 0.4) is 0 Å². The maximum Gasteiger partial charge on any atom is 0.124 e. The number of benzene rings is 1. The maximum atomic E-state index is 13.1. The zero-order valence-electron chi connectivity index (χ0n) is 10.7. The SMILES string of the molecule is N#Cc1cc(F)ccc1CC1(O)CC2CCC(C1)N2. The summed E-state index contributed by atoms with van der Waals surface area (Å²) in [5, 5.41) is 23.3. The largest absolute Gasteiger partial charge is 0.389 e. The van der Waals surface area contributed by atoms with Crippen LogP contribution in [0, 0.1) is 17.1 Å². The predicted molar refractivity (Wildman–Crippen MR) is 68.9 cm³/mol. The van der Waals surface area contributed by atoms with Crippen LogP contribution in [-0.4, -0.2) is 22.8 Å². The van der Waals surface area contributed by atoms with Crippen molar-refractivity contribution in [3.05, 3.63) is 35.1 Å². The van der Waals surface area contributed by atoms with Gasteiger partial charge in [-0.2, -0.15) is 5.26 Å². The number of halogens is 1. The van der Waals surface area contributed by atoms with Crippen molar-refractivity contribution in [2.24, 2.45) is 0 Å². The smallest absolute Gasteiger partial charge is 0.124 e. The zero-order chi connectivity index (χ0) is 13.5. The molecule has 0 radical (unpaired) electrons. The molecule has 2 unspecified atom stereocenters. The molecule has 1 aromatic rings. The van der Waals surface area contributed by atoms with Crippen molar-refractivity contribution < 1.29 is 9.50 Å². The lowest BCUT2D eigenvalue weighted by Gasteiger charge is -2.37. The van der Waals surface area contributed by atoms with Crippen LogP contribution in [0.15, 0.2) is 18.2 Å². The van der Waals surface area contributed by atoms with Gasteiger partial charge >= 0.3 is 0 Å². The van der Waals surface area contributed by atoms with E-state index in [1.807, 2.05) is 6.07 Å². The van der Waals surface area contributed by atoms with Crippen molar-refractivity contribution in [3.8, 4) is 6.07 Å². The van der Waals surface area contributed by atoms with Crippen LogP contribution >= 0.6 is 0 Å². The molecule has 2 heterocycles. The van der Waals surface area contributed by atoms with Crippen molar-refractivity contribution in [2.75, 3.05) is 0 Å². The molecule has 1 aromatic carbocycles. The van der Waals surface area contributed by atoms with Crippen LogP contribution in [0.25, 0.3) is 0 Å². The Balaban J connectivity index is 1.83. The second-order valence-corrected chi connectivity index (χ2v) is 5.86. The topological polar surface area (TPSA) is 56.0 Å². The molecule has 2 N–H and O–H groups in total. The number of hydrogen-bond donors (Lipinski definition) is 2. The van der Waals surface area contributed by atoms with Gasteiger partial charge in [0.05, 0.1) is 17.2 Å². The fourth-order valence-electron chi connectivity index (χ4n) is 3.53. The molecule has 2 bridgehead atoms. The molecule has 2 fully saturated rings. The van der Waals surface area contributed by atoms with E-state index in [2.05, 4.69) is 5.32 Å². The predicted octanol–water partition coefficient (Wildman–Crippen LogP) is 1.89. The second-order valence-electron chi connectivity index (χ2n) is 5.86. The van der Waals surface area contributed by atoms with Gasteiger partial charge in [-0.05, 0) is 43.4 Å². The number of fused-ring (bicyclic) bond motifs is 2. The highest BCUT2D eigenvalue weighted by Gasteiger charge is 2.42. The van der Waals surface area contributed by atoms with E-state index < -0.39 is 11.4 Å². The van der Waals surface area contributed by atoms with Crippen LogP contribution in [0.1, 0.15) is 36.8 Å². The fraction of sp³-hybridized carbons (Fsp3) is 0.533. The Morgan fingerprint density at radius 1 is 1.37 bits per heavy atom. The summed E-state index contributed by atoms with van der Waals surface area (Å²) in [6.07, 6.45) is 4.09. The minimum atomic E-state index is -0.763. The zero-order valence-corrected chi connectivity index (χ0v) is 10.7. The van der Waals surface area contributed by atoms with E-state index in [-0.39, 0.29) is 0 Å². The van der Waals surface area contributed by atoms with Gasteiger partial charge in [-0.15, -0.1) is 0 Å². The Kier molecular flexibility index (Phi) is 3.04. The van der Waals surface area contributed by atoms with Crippen LogP contribution in [0.4, 0.5) is 4.39 Å². The van der Waals surface area contributed by atoms with Gasteiger partial charge in [-0.25, -0.2) is 4.39 Å². The van der Waals surface area contributed by atoms with Crippen molar-refractivity contribution in [1.29, 1.82) is 5.26 Å². The van der Waals surface area contributed by atoms with Gasteiger partial charge in [0, 0.05) is 18.5 Å². The molecule has 4 heteroatoms. The number of rotatable bonds is 2. The molecule has 3 rings (SSSR count). The number of nitrogens with one attached hydrogen (secondary N) is 1. The van der Waals surface area contributed by atoms with Gasteiger partial charge in [0.25, 0.3) is 0 Å². The van der Waals surface area contributed by atoms with E-state index in [1.54, 1.807) is 6.07 Å². The van der Waals surface area contributed by atoms with Gasteiger partial charge in [0.15, 0.2) is 0 Å². The fourth-order valence-corrected chi connectivity index (χ4v) is 3.53. The molecular formula is C15H17FN2O. The van der Waals surface area contributed by atoms with Gasteiger partial charge in [0.2, 0.25) is 0 Å². The van der Waals surface area contributed by atoms with Gasteiger partial charge < -0.3 is 10.4 Å². The number of aliphatic hydroxyl groups is 1. The maximum absolute atomic E-state index is 13.1. The van der Waals surface area contributed by atoms with E-state index in [4.69, 9.17) is 5.26 Å². The van der Waals surface area contributed by atoms with E-state index in [1.165, 1.54) is 12.1 Å². The van der Waals surface area contributed by atoms with Gasteiger partial charge in [0.1, 0.15) is 5.82 Å². The van der Waals surface area contributed by atoms with Gasteiger partial charge in [-0.3, -0.25) is 0 Å². The lowest BCUT2D eigenvalue weighted by molar-refractivity contribution is -0.00615. The Bertz CT molecular complexity index is 525. The van der Waals surface area contributed by atoms with Crippen LogP contribution in [0.5, 0.6) is 0 Å². The molecule has 0 aromatic heterocycles. The first-order valence-corrected chi connectivity index (χ1v) is 6.75. The van der Waals surface area contributed by atoms with Crippen molar-refractivity contribution >= 4 is 0 Å². The average molecular weight is 260 g/mol. The first kappa shape index (κ1) is 12.6. The Morgan fingerprint density at radius 3 is 2.68 bits per heavy atom. The average Bonchev–Trinajstić information content (AvgIpc) is 2.71. The summed E-state index contributed by atoms with van der Waals surface area (Å²) in [4.78, 5) is 0. The van der Waals surface area contributed by atoms with Crippen LogP contribution in [-0.2, 0) is 6.42 Å². The highest BCUT2D eigenvalue weighted by molar-refractivity contribution is 5.39. The summed E-state index contributed by atoms with van der Waals surface area (Å²) < 4.78 is 13.1. The second kappa shape index (κ2) is 4.59. The third-order valence-corrected chi connectivity index (χ3v) is 4.30. The number of hydrogen-bond acceptors (Lipinski definition) is 3.